The third kappa shape index (κ3) is 4.23. The van der Waals surface area contributed by atoms with Gasteiger partial charge < -0.3 is 15.7 Å². The molecule has 1 heterocycles. The van der Waals surface area contributed by atoms with Gasteiger partial charge in [0.1, 0.15) is 0 Å². The van der Waals surface area contributed by atoms with Crippen LogP contribution < -0.4 is 10.6 Å². The van der Waals surface area contributed by atoms with Gasteiger partial charge in [-0.3, -0.25) is 9.89 Å². The molecule has 24 heavy (non-hydrogen) atoms. The Hall–Kier alpha value is -0.810. The monoisotopic (exact) mass is 336 g/mol. The molecule has 1 aliphatic heterocycles. The van der Waals surface area contributed by atoms with Gasteiger partial charge in [0, 0.05) is 44.2 Å². The summed E-state index contributed by atoms with van der Waals surface area (Å²) < 4.78 is 0. The summed E-state index contributed by atoms with van der Waals surface area (Å²) in [5.74, 6) is 0.896. The Bertz CT molecular complexity index is 435. The summed E-state index contributed by atoms with van der Waals surface area (Å²) in [4.78, 5) is 7.08. The van der Waals surface area contributed by atoms with E-state index in [4.69, 9.17) is 0 Å². The van der Waals surface area contributed by atoms with Crippen LogP contribution in [-0.4, -0.2) is 60.8 Å². The molecule has 5 heteroatoms. The molecule has 0 aromatic rings. The average molecular weight is 337 g/mol. The first-order valence-corrected chi connectivity index (χ1v) is 10.00. The third-order valence-electron chi connectivity index (χ3n) is 6.56. The minimum Gasteiger partial charge on any atom is -0.392 e. The van der Waals surface area contributed by atoms with Crippen LogP contribution in [0.3, 0.4) is 0 Å². The smallest absolute Gasteiger partial charge is 0.191 e. The van der Waals surface area contributed by atoms with Gasteiger partial charge in [-0.1, -0.05) is 32.6 Å². The molecular weight excluding hydrogens is 300 g/mol. The number of nitrogens with one attached hydrogen (secondary N) is 2. The van der Waals surface area contributed by atoms with Gasteiger partial charge in [0.05, 0.1) is 6.10 Å². The molecule has 3 atom stereocenters. The first kappa shape index (κ1) is 18.0. The normalized spacial score (nSPS) is 36.2. The number of rotatable bonds is 4. The van der Waals surface area contributed by atoms with Crippen LogP contribution in [0.25, 0.3) is 0 Å². The van der Waals surface area contributed by atoms with E-state index in [0.717, 1.165) is 44.4 Å². The number of hydrogen-bond acceptors (Lipinski definition) is 3. The van der Waals surface area contributed by atoms with Crippen LogP contribution in [0.15, 0.2) is 4.99 Å². The van der Waals surface area contributed by atoms with E-state index in [0.29, 0.717) is 6.04 Å². The van der Waals surface area contributed by atoms with Gasteiger partial charge >= 0.3 is 0 Å². The average Bonchev–Trinajstić information content (AvgIpc) is 3.25. The van der Waals surface area contributed by atoms with Crippen LogP contribution in [0, 0.1) is 5.41 Å². The van der Waals surface area contributed by atoms with E-state index in [1.807, 2.05) is 7.05 Å². The fourth-order valence-electron chi connectivity index (χ4n) is 4.77. The predicted octanol–water partition coefficient (Wildman–Crippen LogP) is 2.11. The Morgan fingerprint density at radius 3 is 2.62 bits per heavy atom. The van der Waals surface area contributed by atoms with Crippen molar-refractivity contribution in [1.82, 2.24) is 15.5 Å². The van der Waals surface area contributed by atoms with E-state index in [2.05, 4.69) is 27.4 Å². The number of guanidine groups is 1. The van der Waals surface area contributed by atoms with Crippen molar-refractivity contribution in [2.75, 3.05) is 26.7 Å². The molecule has 3 aliphatic rings. The van der Waals surface area contributed by atoms with Gasteiger partial charge in [-0.15, -0.1) is 0 Å². The second-order valence-corrected chi connectivity index (χ2v) is 8.40. The quantitative estimate of drug-likeness (QED) is 0.544. The lowest BCUT2D eigenvalue weighted by molar-refractivity contribution is 0.00395. The van der Waals surface area contributed by atoms with Crippen LogP contribution in [0.4, 0.5) is 0 Å². The SMILES string of the molecule is CN=C(NCC1(C)CCCCC1O)NC1CCN(C2CCCC2)C1. The maximum atomic E-state index is 10.3. The third-order valence-corrected chi connectivity index (χ3v) is 6.56. The highest BCUT2D eigenvalue weighted by Gasteiger charge is 2.36. The van der Waals surface area contributed by atoms with Crippen molar-refractivity contribution < 1.29 is 5.11 Å². The number of aliphatic hydroxyl groups excluding tert-OH is 1. The molecule has 5 nitrogen and oxygen atoms in total. The van der Waals surface area contributed by atoms with Crippen molar-refractivity contribution >= 4 is 5.96 Å². The molecular formula is C19H36N4O. The molecule has 3 unspecified atom stereocenters. The second kappa shape index (κ2) is 8.05. The van der Waals surface area contributed by atoms with Crippen molar-refractivity contribution in [2.45, 2.75) is 82.9 Å². The second-order valence-electron chi connectivity index (χ2n) is 8.40. The Morgan fingerprint density at radius 1 is 1.17 bits per heavy atom. The zero-order chi connectivity index (χ0) is 17.0. The summed E-state index contributed by atoms with van der Waals surface area (Å²) in [6.07, 6.45) is 11.0. The van der Waals surface area contributed by atoms with Crippen LogP contribution in [0.1, 0.15) is 64.7 Å². The molecule has 3 N–H and O–H groups in total. The maximum Gasteiger partial charge on any atom is 0.191 e. The lowest BCUT2D eigenvalue weighted by Crippen LogP contribution is -2.50. The zero-order valence-corrected chi connectivity index (χ0v) is 15.6. The lowest BCUT2D eigenvalue weighted by atomic mass is 9.73. The Kier molecular flexibility index (Phi) is 6.03. The van der Waals surface area contributed by atoms with Crippen molar-refractivity contribution in [3.05, 3.63) is 0 Å². The highest BCUT2D eigenvalue weighted by atomic mass is 16.3. The van der Waals surface area contributed by atoms with E-state index in [-0.39, 0.29) is 11.5 Å². The summed E-state index contributed by atoms with van der Waals surface area (Å²) in [6, 6.07) is 1.32. The fourth-order valence-corrected chi connectivity index (χ4v) is 4.77. The van der Waals surface area contributed by atoms with E-state index >= 15 is 0 Å². The molecule has 3 fully saturated rings. The van der Waals surface area contributed by atoms with Gasteiger partial charge in [-0.2, -0.15) is 0 Å². The van der Waals surface area contributed by atoms with Crippen molar-refractivity contribution in [2.24, 2.45) is 10.4 Å². The minimum absolute atomic E-state index is 0.0264. The van der Waals surface area contributed by atoms with Crippen LogP contribution in [0.5, 0.6) is 0 Å². The molecule has 1 saturated heterocycles. The number of aliphatic imine (C=N–C) groups is 1. The maximum absolute atomic E-state index is 10.3. The molecule has 3 rings (SSSR count). The summed E-state index contributed by atoms with van der Waals surface area (Å²) in [5.41, 5.74) is -0.0264. The van der Waals surface area contributed by atoms with E-state index in [1.165, 1.54) is 45.1 Å². The first-order chi connectivity index (χ1) is 11.6. The molecule has 2 aliphatic carbocycles. The minimum atomic E-state index is -0.193. The number of nitrogens with zero attached hydrogens (tertiary/aromatic N) is 2. The highest BCUT2D eigenvalue weighted by molar-refractivity contribution is 5.80. The van der Waals surface area contributed by atoms with E-state index < -0.39 is 0 Å². The van der Waals surface area contributed by atoms with Gasteiger partial charge in [0.2, 0.25) is 0 Å². The molecule has 0 bridgehead atoms. The van der Waals surface area contributed by atoms with Crippen molar-refractivity contribution in [1.29, 1.82) is 0 Å². The number of aliphatic hydroxyl groups is 1. The topological polar surface area (TPSA) is 59.9 Å². The highest BCUT2D eigenvalue weighted by Crippen LogP contribution is 2.35. The van der Waals surface area contributed by atoms with Crippen LogP contribution in [0.2, 0.25) is 0 Å². The van der Waals surface area contributed by atoms with Gasteiger partial charge in [-0.05, 0) is 32.1 Å². The van der Waals surface area contributed by atoms with Crippen molar-refractivity contribution in [3.63, 3.8) is 0 Å². The summed E-state index contributed by atoms with van der Waals surface area (Å²) in [5, 5.41) is 17.4. The predicted molar refractivity (Wildman–Crippen MR) is 99.3 cm³/mol. The van der Waals surface area contributed by atoms with Crippen molar-refractivity contribution in [3.8, 4) is 0 Å². The number of hydrogen-bond donors (Lipinski definition) is 3. The zero-order valence-electron chi connectivity index (χ0n) is 15.6. The van der Waals surface area contributed by atoms with Gasteiger partial charge in [0.25, 0.3) is 0 Å². The molecule has 2 saturated carbocycles. The number of likely N-dealkylation sites (tertiary alicyclic amines) is 1. The Morgan fingerprint density at radius 2 is 1.92 bits per heavy atom. The molecule has 0 amide bonds. The molecule has 0 aromatic carbocycles. The van der Waals surface area contributed by atoms with Gasteiger partial charge in [-0.25, -0.2) is 0 Å². The summed E-state index contributed by atoms with van der Waals surface area (Å²) in [6.45, 7) is 5.36. The fraction of sp³-hybridized carbons (Fsp3) is 0.947. The molecule has 138 valence electrons. The summed E-state index contributed by atoms with van der Waals surface area (Å²) >= 11 is 0. The first-order valence-electron chi connectivity index (χ1n) is 10.00. The van der Waals surface area contributed by atoms with Crippen LogP contribution in [-0.2, 0) is 0 Å². The standard InChI is InChI=1S/C19H36N4O/c1-19(11-6-5-9-17(19)24)14-21-18(20-2)22-15-10-12-23(13-15)16-7-3-4-8-16/h15-17,24H,3-14H2,1-2H3,(H2,20,21,22). The van der Waals surface area contributed by atoms with Gasteiger partial charge in [0.15, 0.2) is 5.96 Å². The lowest BCUT2D eigenvalue weighted by Gasteiger charge is -2.39. The van der Waals surface area contributed by atoms with E-state index in [1.54, 1.807) is 0 Å². The molecule has 0 spiro atoms. The molecule has 0 aromatic heterocycles. The largest absolute Gasteiger partial charge is 0.392 e. The Labute approximate surface area is 147 Å². The Balaban J connectivity index is 1.45. The van der Waals surface area contributed by atoms with E-state index in [9.17, 15) is 5.11 Å². The van der Waals surface area contributed by atoms with Crippen LogP contribution >= 0.6 is 0 Å². The summed E-state index contributed by atoms with van der Waals surface area (Å²) in [7, 11) is 1.85. The molecule has 0 radical (unpaired) electrons.